The van der Waals surface area contributed by atoms with E-state index in [1.807, 2.05) is 17.9 Å². The second-order valence-corrected chi connectivity index (χ2v) is 16.3. The number of carboxylic acids is 1. The second-order valence-electron chi connectivity index (χ2n) is 14.6. The molecule has 4 N–H and O–H groups in total. The summed E-state index contributed by atoms with van der Waals surface area (Å²) in [5, 5.41) is 19.5. The Kier molecular flexibility index (Phi) is 17.1. The van der Waals surface area contributed by atoms with Crippen molar-refractivity contribution in [1.82, 2.24) is 20.9 Å². The molecule has 0 saturated carbocycles. The van der Waals surface area contributed by atoms with Crippen LogP contribution in [0.2, 0.25) is 20.1 Å². The first-order chi connectivity index (χ1) is 28.3. The highest BCUT2D eigenvalue weighted by atomic mass is 35.5. The van der Waals surface area contributed by atoms with Crippen molar-refractivity contribution < 1.29 is 33.8 Å². The molecule has 4 aliphatic heterocycles. The van der Waals surface area contributed by atoms with E-state index in [1.165, 1.54) is 22.3 Å². The summed E-state index contributed by atoms with van der Waals surface area (Å²) in [6.07, 6.45) is 1.66. The van der Waals surface area contributed by atoms with Gasteiger partial charge in [0, 0.05) is 51.3 Å². The Morgan fingerprint density at radius 2 is 1.13 bits per heavy atom. The van der Waals surface area contributed by atoms with E-state index in [-0.39, 0.29) is 74.4 Å². The van der Waals surface area contributed by atoms with Crippen LogP contribution in [0.15, 0.2) is 72.8 Å². The van der Waals surface area contributed by atoms with Crippen LogP contribution < -0.4 is 16.0 Å². The van der Waals surface area contributed by atoms with E-state index >= 15 is 0 Å². The molecule has 11 nitrogen and oxygen atoms in total. The maximum Gasteiger partial charge on any atom is 0.307 e. The number of fused-ring (bicyclic) bond motifs is 2. The van der Waals surface area contributed by atoms with Crippen molar-refractivity contribution in [3.8, 4) is 0 Å². The van der Waals surface area contributed by atoms with Crippen molar-refractivity contribution in [1.29, 1.82) is 0 Å². The van der Waals surface area contributed by atoms with E-state index in [9.17, 15) is 19.2 Å². The number of carbonyl (C=O) groups excluding carboxylic acids is 3. The minimum Gasteiger partial charge on any atom is -0.481 e. The highest BCUT2D eigenvalue weighted by Crippen LogP contribution is 2.36. The molecule has 16 heteroatoms. The van der Waals surface area contributed by atoms with Gasteiger partial charge >= 0.3 is 5.97 Å². The SMILES string of the molecule is C[C@@H]1NCCc2c(C3CNC(=O)CO3)cccc21.C[C@H]1c2cccc(C3CNC(=O)CO3)c2CCN1C(=O)Cc1c(Cl)cccc1Cl.Cl.O=C(O)Cc1c(Cl)cccc1Cl. The highest BCUT2D eigenvalue weighted by molar-refractivity contribution is 6.36. The molecule has 4 atom stereocenters. The fraction of sp³-hybridized carbons (Fsp3) is 0.364. The number of nitrogens with zero attached hydrogens (tertiary/aromatic N) is 1. The van der Waals surface area contributed by atoms with Crippen molar-refractivity contribution >= 4 is 82.5 Å². The summed E-state index contributed by atoms with van der Waals surface area (Å²) in [5.74, 6) is -1.05. The van der Waals surface area contributed by atoms with E-state index in [0.29, 0.717) is 56.9 Å². The third kappa shape index (κ3) is 11.5. The van der Waals surface area contributed by atoms with Crippen LogP contribution in [-0.2, 0) is 54.3 Å². The molecule has 2 fully saturated rings. The van der Waals surface area contributed by atoms with Crippen molar-refractivity contribution in [3.05, 3.63) is 137 Å². The van der Waals surface area contributed by atoms with Gasteiger partial charge in [-0.25, -0.2) is 0 Å². The minimum absolute atomic E-state index is 0. The monoisotopic (exact) mass is 918 g/mol. The fourth-order valence-electron chi connectivity index (χ4n) is 7.87. The Balaban J connectivity index is 0.000000188. The lowest BCUT2D eigenvalue weighted by atomic mass is 9.87. The van der Waals surface area contributed by atoms with Crippen LogP contribution in [0, 0.1) is 0 Å². The Morgan fingerprint density at radius 1 is 0.683 bits per heavy atom. The topological polar surface area (TPSA) is 146 Å². The summed E-state index contributed by atoms with van der Waals surface area (Å²) in [6.45, 7) is 7.14. The van der Waals surface area contributed by atoms with Crippen molar-refractivity contribution in [2.45, 2.75) is 63.8 Å². The maximum absolute atomic E-state index is 13.1. The standard InChI is InChI=1S/C22H22Cl2N2O3.C14H18N2O2.C8H6Cl2O2.ClH/c1-13-14-4-2-5-16(20-11-25-21(27)12-29-20)15(14)8-9-26(13)22(28)10-17-18(23)6-3-7-19(17)24;1-9-10-3-2-4-12(11(10)5-6-15-9)13-7-16-14(17)8-18-13;9-6-2-1-3-7(10)5(6)4-8(11)12;/h2-7,13,20H,8-12H2,1H3,(H,25,27);2-4,9,13,15H,5-8H2,1H3,(H,16,17);1-3H,4H2,(H,11,12);1H/t13-,20?;9-,13?;;/m00../s1. The van der Waals surface area contributed by atoms with Gasteiger partial charge in [0.05, 0.1) is 18.9 Å². The van der Waals surface area contributed by atoms with E-state index in [2.05, 4.69) is 53.2 Å². The summed E-state index contributed by atoms with van der Waals surface area (Å²) in [7, 11) is 0. The van der Waals surface area contributed by atoms with E-state index in [0.717, 1.165) is 30.5 Å². The summed E-state index contributed by atoms with van der Waals surface area (Å²) >= 11 is 23.9. The number of benzene rings is 4. The van der Waals surface area contributed by atoms with Gasteiger partial charge in [-0.2, -0.15) is 0 Å². The van der Waals surface area contributed by atoms with Gasteiger partial charge in [-0.05, 0) is 96.4 Å². The van der Waals surface area contributed by atoms with Crippen LogP contribution in [0.25, 0.3) is 0 Å². The number of carbonyl (C=O) groups is 4. The smallest absolute Gasteiger partial charge is 0.307 e. The number of ether oxygens (including phenoxy) is 2. The van der Waals surface area contributed by atoms with Crippen LogP contribution in [0.3, 0.4) is 0 Å². The van der Waals surface area contributed by atoms with Crippen molar-refractivity contribution in [2.75, 3.05) is 39.4 Å². The summed E-state index contributed by atoms with van der Waals surface area (Å²) in [6, 6.07) is 23.0. The number of morpholine rings is 2. The maximum atomic E-state index is 13.1. The Morgan fingerprint density at radius 3 is 1.62 bits per heavy atom. The molecule has 3 amide bonds. The van der Waals surface area contributed by atoms with E-state index in [1.54, 1.807) is 36.4 Å². The predicted molar refractivity (Wildman–Crippen MR) is 235 cm³/mol. The van der Waals surface area contributed by atoms with E-state index in [4.69, 9.17) is 61.0 Å². The average molecular weight is 921 g/mol. The number of amides is 3. The third-order valence-electron chi connectivity index (χ3n) is 10.9. The molecule has 4 heterocycles. The zero-order chi connectivity index (χ0) is 42.2. The van der Waals surface area contributed by atoms with Gasteiger partial charge in [-0.3, -0.25) is 19.2 Å². The molecule has 2 unspecified atom stereocenters. The van der Waals surface area contributed by atoms with Gasteiger partial charge in [0.15, 0.2) is 0 Å². The van der Waals surface area contributed by atoms with Crippen LogP contribution in [0.1, 0.15) is 82.6 Å². The van der Waals surface area contributed by atoms with Gasteiger partial charge in [-0.15, -0.1) is 12.4 Å². The first kappa shape index (κ1) is 47.1. The number of hydrogen-bond acceptors (Lipinski definition) is 7. The molecule has 0 aromatic heterocycles. The fourth-order valence-corrected chi connectivity index (χ4v) is 8.94. The molecule has 320 valence electrons. The first-order valence-electron chi connectivity index (χ1n) is 19.4. The number of nitrogens with one attached hydrogen (secondary N) is 3. The lowest BCUT2D eigenvalue weighted by molar-refractivity contribution is -0.136. The normalized spacial score (nSPS) is 20.6. The first-order valence-corrected chi connectivity index (χ1v) is 20.9. The molecule has 60 heavy (non-hydrogen) atoms. The molecule has 8 rings (SSSR count). The lowest BCUT2D eigenvalue weighted by Gasteiger charge is -2.37. The quantitative estimate of drug-likeness (QED) is 0.152. The van der Waals surface area contributed by atoms with Gasteiger partial charge < -0.3 is 35.4 Å². The molecule has 0 radical (unpaired) electrons. The summed E-state index contributed by atoms with van der Waals surface area (Å²) in [4.78, 5) is 47.8. The molecular formula is C44H47Cl5N4O7. The zero-order valence-electron chi connectivity index (χ0n) is 33.1. The molecule has 0 spiro atoms. The van der Waals surface area contributed by atoms with Gasteiger partial charge in [0.2, 0.25) is 17.7 Å². The average Bonchev–Trinajstić information content (AvgIpc) is 3.22. The van der Waals surface area contributed by atoms with Crippen LogP contribution in [0.4, 0.5) is 0 Å². The van der Waals surface area contributed by atoms with Gasteiger partial charge in [0.25, 0.3) is 0 Å². The number of hydrogen-bond donors (Lipinski definition) is 4. The summed E-state index contributed by atoms with van der Waals surface area (Å²) < 4.78 is 11.4. The van der Waals surface area contributed by atoms with Gasteiger partial charge in [0.1, 0.15) is 25.4 Å². The summed E-state index contributed by atoms with van der Waals surface area (Å²) in [5.41, 5.74) is 8.54. The zero-order valence-corrected chi connectivity index (χ0v) is 36.9. The minimum atomic E-state index is -0.940. The molecule has 4 aromatic carbocycles. The van der Waals surface area contributed by atoms with E-state index < -0.39 is 5.97 Å². The van der Waals surface area contributed by atoms with Crippen LogP contribution in [-0.4, -0.2) is 73.1 Å². The molecule has 4 aliphatic rings. The van der Waals surface area contributed by atoms with Crippen LogP contribution >= 0.6 is 58.8 Å². The molecule has 2 saturated heterocycles. The Labute approximate surface area is 375 Å². The molecule has 0 bridgehead atoms. The van der Waals surface area contributed by atoms with Crippen molar-refractivity contribution in [3.63, 3.8) is 0 Å². The van der Waals surface area contributed by atoms with Crippen LogP contribution in [0.5, 0.6) is 0 Å². The molecule has 4 aromatic rings. The Hall–Kier alpha value is -3.91. The largest absolute Gasteiger partial charge is 0.481 e. The predicted octanol–water partition coefficient (Wildman–Crippen LogP) is 7.99. The number of carboxylic acid groups (broad SMARTS) is 1. The van der Waals surface area contributed by atoms with Gasteiger partial charge in [-0.1, -0.05) is 94.9 Å². The molecule has 0 aliphatic carbocycles. The van der Waals surface area contributed by atoms with Crippen molar-refractivity contribution in [2.24, 2.45) is 0 Å². The Bertz CT molecular complexity index is 2150. The third-order valence-corrected chi connectivity index (χ3v) is 12.3. The number of rotatable bonds is 6. The second kappa shape index (κ2) is 21.7. The number of aliphatic carboxylic acids is 1. The molecular weight excluding hydrogens is 874 g/mol. The lowest BCUT2D eigenvalue weighted by Crippen LogP contribution is -2.42. The highest BCUT2D eigenvalue weighted by Gasteiger charge is 2.32. The number of halogens is 5.